The van der Waals surface area contributed by atoms with E-state index in [0.29, 0.717) is 22.5 Å². The second kappa shape index (κ2) is 8.04. The van der Waals surface area contributed by atoms with Crippen LogP contribution < -0.4 is 5.32 Å². The summed E-state index contributed by atoms with van der Waals surface area (Å²) in [7, 11) is -3.07. The summed E-state index contributed by atoms with van der Waals surface area (Å²) < 4.78 is 24.9. The van der Waals surface area contributed by atoms with Crippen molar-refractivity contribution in [3.8, 4) is 0 Å². The summed E-state index contributed by atoms with van der Waals surface area (Å²) in [5, 5.41) is 17.3. The fraction of sp³-hybridized carbons (Fsp3) is 0.350. The largest absolute Gasteiger partial charge is 0.394 e. The minimum absolute atomic E-state index is 0.0208. The van der Waals surface area contributed by atoms with Gasteiger partial charge in [-0.15, -0.1) is 0 Å². The zero-order valence-corrected chi connectivity index (χ0v) is 17.3. The van der Waals surface area contributed by atoms with Crippen LogP contribution in [-0.2, 0) is 9.84 Å². The number of rotatable bonds is 5. The predicted octanol–water partition coefficient (Wildman–Crippen LogP) is 1.05. The summed E-state index contributed by atoms with van der Waals surface area (Å²) in [4.78, 5) is 18.9. The smallest absolute Gasteiger partial charge is 0.255 e. The molecule has 158 valence electrons. The van der Waals surface area contributed by atoms with Gasteiger partial charge in [-0.3, -0.25) is 4.79 Å². The zero-order valence-electron chi connectivity index (χ0n) is 16.5. The average Bonchev–Trinajstić information content (AvgIpc) is 3.09. The van der Waals surface area contributed by atoms with Crippen LogP contribution in [0.2, 0.25) is 0 Å². The standard InChI is InChI=1S/C20H23N5O4S/c1-14-16(20(27)24-7-9-30(28,29)10-8-24)11-25-18(14)19(21-13-22-25)23-17(12-26)15-5-3-2-4-6-15/h2-6,11,13,17,26H,7-10,12H2,1H3,(H,21,22,23)/t17-/m1/s1. The number of hydrogen-bond donors (Lipinski definition) is 2. The first kappa shape index (κ1) is 20.3. The Morgan fingerprint density at radius 1 is 1.23 bits per heavy atom. The lowest BCUT2D eigenvalue weighted by molar-refractivity contribution is 0.0769. The molecule has 3 heterocycles. The number of amides is 1. The van der Waals surface area contributed by atoms with Crippen LogP contribution in [0.3, 0.4) is 0 Å². The maximum atomic E-state index is 13.0. The van der Waals surface area contributed by atoms with Crippen LogP contribution >= 0.6 is 0 Å². The van der Waals surface area contributed by atoms with Crippen LogP contribution in [0.5, 0.6) is 0 Å². The number of nitrogens with one attached hydrogen (secondary N) is 1. The van der Waals surface area contributed by atoms with Crippen molar-refractivity contribution in [3.63, 3.8) is 0 Å². The van der Waals surface area contributed by atoms with Crippen molar-refractivity contribution in [2.45, 2.75) is 13.0 Å². The van der Waals surface area contributed by atoms with Crippen LogP contribution in [0.15, 0.2) is 42.9 Å². The Morgan fingerprint density at radius 2 is 1.93 bits per heavy atom. The molecule has 1 fully saturated rings. The van der Waals surface area contributed by atoms with Crippen LogP contribution in [0, 0.1) is 6.92 Å². The summed E-state index contributed by atoms with van der Waals surface area (Å²) in [6, 6.07) is 9.15. The van der Waals surface area contributed by atoms with E-state index in [0.717, 1.165) is 5.56 Å². The molecular weight excluding hydrogens is 406 g/mol. The molecule has 0 spiro atoms. The van der Waals surface area contributed by atoms with Crippen LogP contribution in [-0.4, -0.2) is 70.1 Å². The predicted molar refractivity (Wildman–Crippen MR) is 112 cm³/mol. The molecule has 2 aromatic heterocycles. The van der Waals surface area contributed by atoms with Gasteiger partial charge in [0.05, 0.1) is 29.7 Å². The number of aliphatic hydroxyl groups is 1. The third-order valence-electron chi connectivity index (χ3n) is 5.38. The molecule has 2 N–H and O–H groups in total. The van der Waals surface area contributed by atoms with E-state index in [2.05, 4.69) is 15.4 Å². The molecule has 0 aliphatic carbocycles. The maximum Gasteiger partial charge on any atom is 0.255 e. The van der Waals surface area contributed by atoms with Crippen molar-refractivity contribution in [1.82, 2.24) is 19.5 Å². The van der Waals surface area contributed by atoms with Gasteiger partial charge in [-0.1, -0.05) is 30.3 Å². The Balaban J connectivity index is 1.65. The number of aliphatic hydroxyl groups excluding tert-OH is 1. The first-order valence-electron chi connectivity index (χ1n) is 9.64. The molecule has 1 aromatic carbocycles. The third-order valence-corrected chi connectivity index (χ3v) is 6.99. The molecule has 30 heavy (non-hydrogen) atoms. The number of benzene rings is 1. The van der Waals surface area contributed by atoms with Crippen molar-refractivity contribution in [1.29, 1.82) is 0 Å². The van der Waals surface area contributed by atoms with Gasteiger partial charge in [-0.25, -0.2) is 17.9 Å². The topological polar surface area (TPSA) is 117 Å². The molecule has 1 aliphatic rings. The number of hydrogen-bond acceptors (Lipinski definition) is 7. The minimum atomic E-state index is -3.07. The molecule has 0 bridgehead atoms. The van der Waals surface area contributed by atoms with Crippen molar-refractivity contribution in [3.05, 3.63) is 59.5 Å². The highest BCUT2D eigenvalue weighted by atomic mass is 32.2. The van der Waals surface area contributed by atoms with E-state index in [4.69, 9.17) is 0 Å². The Hall–Kier alpha value is -2.98. The van der Waals surface area contributed by atoms with Crippen molar-refractivity contribution >= 4 is 27.1 Å². The Labute approximate surface area is 174 Å². The highest BCUT2D eigenvalue weighted by molar-refractivity contribution is 7.91. The lowest BCUT2D eigenvalue weighted by atomic mass is 10.1. The van der Waals surface area contributed by atoms with Gasteiger partial charge >= 0.3 is 0 Å². The van der Waals surface area contributed by atoms with Crippen molar-refractivity contribution in [2.24, 2.45) is 0 Å². The minimum Gasteiger partial charge on any atom is -0.394 e. The van der Waals surface area contributed by atoms with E-state index >= 15 is 0 Å². The zero-order chi connectivity index (χ0) is 21.3. The van der Waals surface area contributed by atoms with Gasteiger partial charge in [0.1, 0.15) is 11.8 Å². The van der Waals surface area contributed by atoms with Gasteiger partial charge in [-0.05, 0) is 18.1 Å². The Kier molecular flexibility index (Phi) is 5.44. The summed E-state index contributed by atoms with van der Waals surface area (Å²) in [6.45, 7) is 2.05. The van der Waals surface area contributed by atoms with Crippen molar-refractivity contribution in [2.75, 3.05) is 36.5 Å². The van der Waals surface area contributed by atoms with Gasteiger partial charge in [0.15, 0.2) is 15.7 Å². The fourth-order valence-corrected chi connectivity index (χ4v) is 4.85. The first-order chi connectivity index (χ1) is 14.4. The Bertz CT molecular complexity index is 1160. The number of carbonyl (C=O) groups excluding carboxylic acids is 1. The molecule has 1 saturated heterocycles. The highest BCUT2D eigenvalue weighted by Gasteiger charge is 2.28. The summed E-state index contributed by atoms with van der Waals surface area (Å²) in [6.07, 6.45) is 3.02. The molecule has 1 atom stereocenters. The number of nitrogens with zero attached hydrogens (tertiary/aromatic N) is 4. The fourth-order valence-electron chi connectivity index (χ4n) is 3.65. The van der Waals surface area contributed by atoms with E-state index in [1.807, 2.05) is 37.3 Å². The van der Waals surface area contributed by atoms with E-state index in [1.54, 1.807) is 15.6 Å². The van der Waals surface area contributed by atoms with E-state index in [1.165, 1.54) is 6.33 Å². The number of sulfone groups is 1. The molecular formula is C20H23N5O4S. The quantitative estimate of drug-likeness (QED) is 0.623. The summed E-state index contributed by atoms with van der Waals surface area (Å²) >= 11 is 0. The van der Waals surface area contributed by atoms with E-state index in [-0.39, 0.29) is 43.2 Å². The third kappa shape index (κ3) is 3.88. The molecule has 3 aromatic rings. The lowest BCUT2D eigenvalue weighted by Gasteiger charge is -2.26. The van der Waals surface area contributed by atoms with Gasteiger partial charge in [0.25, 0.3) is 5.91 Å². The molecule has 0 radical (unpaired) electrons. The van der Waals surface area contributed by atoms with Crippen molar-refractivity contribution < 1.29 is 18.3 Å². The molecule has 1 amide bonds. The monoisotopic (exact) mass is 429 g/mol. The van der Waals surface area contributed by atoms with E-state index < -0.39 is 9.84 Å². The summed E-state index contributed by atoms with van der Waals surface area (Å²) in [5.41, 5.74) is 2.70. The number of aromatic nitrogens is 3. The SMILES string of the molecule is Cc1c(C(=O)N2CCS(=O)(=O)CC2)cn2ncnc(N[C@H](CO)c3ccccc3)c12. The molecule has 0 unspecified atom stereocenters. The molecule has 9 nitrogen and oxygen atoms in total. The number of carbonyl (C=O) groups is 1. The highest BCUT2D eigenvalue weighted by Crippen LogP contribution is 2.27. The first-order valence-corrected chi connectivity index (χ1v) is 11.5. The van der Waals surface area contributed by atoms with Crippen LogP contribution in [0.25, 0.3) is 5.52 Å². The van der Waals surface area contributed by atoms with Gasteiger partial charge in [0.2, 0.25) is 0 Å². The Morgan fingerprint density at radius 3 is 2.60 bits per heavy atom. The van der Waals surface area contributed by atoms with Crippen LogP contribution in [0.1, 0.15) is 27.5 Å². The lowest BCUT2D eigenvalue weighted by Crippen LogP contribution is -2.43. The van der Waals surface area contributed by atoms with E-state index in [9.17, 15) is 18.3 Å². The number of aryl methyl sites for hydroxylation is 1. The summed E-state index contributed by atoms with van der Waals surface area (Å²) in [5.74, 6) is 0.242. The van der Waals surface area contributed by atoms with Gasteiger partial charge < -0.3 is 15.3 Å². The normalized spacial score (nSPS) is 17.1. The number of anilines is 1. The van der Waals surface area contributed by atoms with Gasteiger partial charge in [0, 0.05) is 19.3 Å². The second-order valence-corrected chi connectivity index (χ2v) is 9.61. The molecule has 10 heteroatoms. The molecule has 1 aliphatic heterocycles. The maximum absolute atomic E-state index is 13.0. The second-order valence-electron chi connectivity index (χ2n) is 7.30. The average molecular weight is 430 g/mol. The molecule has 0 saturated carbocycles. The number of fused-ring (bicyclic) bond motifs is 1. The molecule has 4 rings (SSSR count). The van der Waals surface area contributed by atoms with Gasteiger partial charge in [-0.2, -0.15) is 5.10 Å². The van der Waals surface area contributed by atoms with Crippen LogP contribution in [0.4, 0.5) is 5.82 Å².